The summed E-state index contributed by atoms with van der Waals surface area (Å²) in [4.78, 5) is 31.9. The molecule has 0 N–H and O–H groups in total. The van der Waals surface area contributed by atoms with E-state index in [9.17, 15) is 9.59 Å². The first-order valence-corrected chi connectivity index (χ1v) is 8.66. The van der Waals surface area contributed by atoms with Crippen LogP contribution in [-0.2, 0) is 20.5 Å². The van der Waals surface area contributed by atoms with Crippen molar-refractivity contribution in [2.45, 2.75) is 19.4 Å². The number of likely N-dealkylation sites (N-methyl/N-ethyl adjacent to an activating group) is 1. The molecule has 0 saturated carbocycles. The minimum absolute atomic E-state index is 0.0407. The molecule has 1 atom stereocenters. The van der Waals surface area contributed by atoms with E-state index in [0.29, 0.717) is 17.6 Å². The maximum absolute atomic E-state index is 12.9. The summed E-state index contributed by atoms with van der Waals surface area (Å²) in [7, 11) is 7.17. The van der Waals surface area contributed by atoms with Crippen molar-refractivity contribution in [3.8, 4) is 0 Å². The van der Waals surface area contributed by atoms with Gasteiger partial charge in [-0.2, -0.15) is 0 Å². The van der Waals surface area contributed by atoms with Gasteiger partial charge >= 0.3 is 5.69 Å². The highest BCUT2D eigenvalue weighted by Gasteiger charge is 2.22. The lowest BCUT2D eigenvalue weighted by Crippen LogP contribution is -2.38. The lowest BCUT2D eigenvalue weighted by Gasteiger charge is -2.21. The Kier molecular flexibility index (Phi) is 4.82. The normalized spacial score (nSPS) is 12.8. The van der Waals surface area contributed by atoms with Gasteiger partial charge in [-0.05, 0) is 26.6 Å². The van der Waals surface area contributed by atoms with Crippen LogP contribution in [-0.4, -0.2) is 44.2 Å². The largest absolute Gasteiger partial charge is 0.332 e. The number of imidazole rings is 1. The van der Waals surface area contributed by atoms with Crippen molar-refractivity contribution in [3.63, 3.8) is 0 Å². The second-order valence-corrected chi connectivity index (χ2v) is 7.05. The lowest BCUT2D eigenvalue weighted by molar-refractivity contribution is 0.337. The summed E-state index contributed by atoms with van der Waals surface area (Å²) in [5.74, 6) is 0.791. The van der Waals surface area contributed by atoms with Gasteiger partial charge in [-0.3, -0.25) is 13.9 Å². The molecule has 26 heavy (non-hydrogen) atoms. The Labute approximate surface area is 152 Å². The van der Waals surface area contributed by atoms with Crippen molar-refractivity contribution in [1.29, 1.82) is 0 Å². The standard InChI is InChI=1S/C19H25N5O2/c1-13(12-21(2)3)24-15(11-14-9-7-6-8-10-14)20-17-16(24)18(25)23(5)19(26)22(17)4/h6-10,13H,11-12H2,1-5H3. The maximum atomic E-state index is 12.9. The summed E-state index contributed by atoms with van der Waals surface area (Å²) in [6.07, 6.45) is 0.602. The van der Waals surface area contributed by atoms with Crippen LogP contribution in [0.15, 0.2) is 39.9 Å². The molecule has 0 radical (unpaired) electrons. The van der Waals surface area contributed by atoms with Gasteiger partial charge in [-0.25, -0.2) is 9.78 Å². The van der Waals surface area contributed by atoms with Crippen molar-refractivity contribution in [3.05, 3.63) is 62.6 Å². The summed E-state index contributed by atoms with van der Waals surface area (Å²) < 4.78 is 4.59. The molecule has 2 aromatic heterocycles. The third-order valence-corrected chi connectivity index (χ3v) is 4.64. The first kappa shape index (κ1) is 18.1. The molecule has 7 nitrogen and oxygen atoms in total. The second-order valence-electron chi connectivity index (χ2n) is 7.05. The fourth-order valence-electron chi connectivity index (χ4n) is 3.45. The Morgan fingerprint density at radius 2 is 1.73 bits per heavy atom. The zero-order valence-corrected chi connectivity index (χ0v) is 15.9. The molecule has 7 heteroatoms. The van der Waals surface area contributed by atoms with Crippen molar-refractivity contribution in [2.75, 3.05) is 20.6 Å². The van der Waals surface area contributed by atoms with Gasteiger partial charge in [0.25, 0.3) is 5.56 Å². The Morgan fingerprint density at radius 1 is 1.08 bits per heavy atom. The molecule has 0 aliphatic carbocycles. The predicted octanol–water partition coefficient (Wildman–Crippen LogP) is 1.15. The molecule has 3 aromatic rings. The van der Waals surface area contributed by atoms with Crippen LogP contribution < -0.4 is 11.2 Å². The Balaban J connectivity index is 2.29. The van der Waals surface area contributed by atoms with Gasteiger partial charge in [0, 0.05) is 33.1 Å². The Morgan fingerprint density at radius 3 is 2.35 bits per heavy atom. The Hall–Kier alpha value is -2.67. The van der Waals surface area contributed by atoms with Gasteiger partial charge in [0.05, 0.1) is 0 Å². The van der Waals surface area contributed by atoms with E-state index in [2.05, 4.69) is 11.8 Å². The molecular formula is C19H25N5O2. The molecule has 1 aromatic carbocycles. The minimum Gasteiger partial charge on any atom is -0.318 e. The van der Waals surface area contributed by atoms with Crippen LogP contribution in [0.5, 0.6) is 0 Å². The monoisotopic (exact) mass is 355 g/mol. The van der Waals surface area contributed by atoms with Crippen molar-refractivity contribution in [1.82, 2.24) is 23.6 Å². The molecule has 0 saturated heterocycles. The third-order valence-electron chi connectivity index (χ3n) is 4.64. The highest BCUT2D eigenvalue weighted by molar-refractivity contribution is 5.71. The molecule has 138 valence electrons. The highest BCUT2D eigenvalue weighted by atomic mass is 16.2. The zero-order valence-electron chi connectivity index (χ0n) is 15.9. The average Bonchev–Trinajstić information content (AvgIpc) is 2.98. The topological polar surface area (TPSA) is 65.1 Å². The summed E-state index contributed by atoms with van der Waals surface area (Å²) in [5, 5.41) is 0. The molecule has 0 spiro atoms. The average molecular weight is 355 g/mol. The summed E-state index contributed by atoms with van der Waals surface area (Å²) in [6.45, 7) is 2.83. The van der Waals surface area contributed by atoms with Crippen LogP contribution in [0, 0.1) is 0 Å². The zero-order chi connectivity index (χ0) is 19.0. The van der Waals surface area contributed by atoms with Gasteiger partial charge < -0.3 is 9.47 Å². The van der Waals surface area contributed by atoms with Crippen LogP contribution in [0.1, 0.15) is 24.4 Å². The van der Waals surface area contributed by atoms with Crippen LogP contribution in [0.2, 0.25) is 0 Å². The van der Waals surface area contributed by atoms with Crippen molar-refractivity contribution < 1.29 is 0 Å². The van der Waals surface area contributed by atoms with Crippen LogP contribution in [0.25, 0.3) is 11.2 Å². The quantitative estimate of drug-likeness (QED) is 0.689. The molecule has 0 aliphatic heterocycles. The molecule has 0 fully saturated rings. The van der Waals surface area contributed by atoms with E-state index in [1.807, 2.05) is 49.0 Å². The van der Waals surface area contributed by atoms with Crippen LogP contribution in [0.3, 0.4) is 0 Å². The summed E-state index contributed by atoms with van der Waals surface area (Å²) in [6, 6.07) is 10.1. The fourth-order valence-corrected chi connectivity index (χ4v) is 3.45. The van der Waals surface area contributed by atoms with Crippen molar-refractivity contribution in [2.24, 2.45) is 14.1 Å². The van der Waals surface area contributed by atoms with Gasteiger partial charge in [-0.15, -0.1) is 0 Å². The minimum atomic E-state index is -0.362. The predicted molar refractivity (Wildman–Crippen MR) is 103 cm³/mol. The van der Waals surface area contributed by atoms with Gasteiger partial charge in [0.15, 0.2) is 11.2 Å². The van der Waals surface area contributed by atoms with E-state index in [4.69, 9.17) is 4.98 Å². The Bertz CT molecular complexity index is 1040. The number of benzene rings is 1. The number of fused-ring (bicyclic) bond motifs is 1. The summed E-state index contributed by atoms with van der Waals surface area (Å²) >= 11 is 0. The molecule has 0 aliphatic rings. The third kappa shape index (κ3) is 3.10. The molecule has 1 unspecified atom stereocenters. The maximum Gasteiger partial charge on any atom is 0.332 e. The van der Waals surface area contributed by atoms with E-state index < -0.39 is 0 Å². The smallest absolute Gasteiger partial charge is 0.318 e. The van der Waals surface area contributed by atoms with E-state index in [-0.39, 0.29) is 17.3 Å². The van der Waals surface area contributed by atoms with E-state index in [1.54, 1.807) is 7.05 Å². The van der Waals surface area contributed by atoms with Gasteiger partial charge in [-0.1, -0.05) is 30.3 Å². The molecule has 3 rings (SSSR count). The molecular weight excluding hydrogens is 330 g/mol. The SMILES string of the molecule is CC(CN(C)C)n1c(Cc2ccccc2)nc2c1c(=O)n(C)c(=O)n2C. The number of hydrogen-bond donors (Lipinski definition) is 0. The molecule has 0 amide bonds. The van der Waals surface area contributed by atoms with Crippen molar-refractivity contribution >= 4 is 11.2 Å². The first-order valence-electron chi connectivity index (χ1n) is 8.66. The number of rotatable bonds is 5. The fraction of sp³-hybridized carbons (Fsp3) is 0.421. The first-order chi connectivity index (χ1) is 12.3. The highest BCUT2D eigenvalue weighted by Crippen LogP contribution is 2.20. The molecule has 0 bridgehead atoms. The van der Waals surface area contributed by atoms with Crippen LogP contribution in [0.4, 0.5) is 0 Å². The van der Waals surface area contributed by atoms with Crippen LogP contribution >= 0.6 is 0 Å². The molecule has 2 heterocycles. The lowest BCUT2D eigenvalue weighted by atomic mass is 10.1. The number of hydrogen-bond acceptors (Lipinski definition) is 4. The van der Waals surface area contributed by atoms with Gasteiger partial charge in [0.2, 0.25) is 0 Å². The van der Waals surface area contributed by atoms with E-state index in [1.165, 1.54) is 11.6 Å². The second kappa shape index (κ2) is 6.92. The number of aryl methyl sites for hydroxylation is 1. The van der Waals surface area contributed by atoms with E-state index >= 15 is 0 Å². The van der Waals surface area contributed by atoms with E-state index in [0.717, 1.165) is 22.5 Å². The van der Waals surface area contributed by atoms with Gasteiger partial charge in [0.1, 0.15) is 5.82 Å². The number of aromatic nitrogens is 4. The number of nitrogens with zero attached hydrogens (tertiary/aromatic N) is 5. The summed E-state index contributed by atoms with van der Waals surface area (Å²) in [5.41, 5.74) is 1.37.